The molecular weight excluding hydrogens is 647 g/mol. The maximum Gasteiger partial charge on any atom is 0.136 e. The monoisotopic (exact) mass is 677 g/mol. The van der Waals surface area contributed by atoms with Crippen LogP contribution in [0.2, 0.25) is 0 Å². The highest BCUT2D eigenvalue weighted by atomic mass is 16.3. The average Bonchev–Trinajstić information content (AvgIpc) is 3.78. The van der Waals surface area contributed by atoms with Crippen LogP contribution in [0.3, 0.4) is 0 Å². The van der Waals surface area contributed by atoms with Gasteiger partial charge in [0, 0.05) is 38.6 Å². The van der Waals surface area contributed by atoms with Crippen molar-refractivity contribution in [2.24, 2.45) is 0 Å². The Morgan fingerprint density at radius 1 is 0.283 bits per heavy atom. The van der Waals surface area contributed by atoms with Crippen molar-refractivity contribution in [2.45, 2.75) is 0 Å². The number of anilines is 3. The van der Waals surface area contributed by atoms with Crippen molar-refractivity contribution in [3.05, 3.63) is 188 Å². The number of hydrogen-bond acceptors (Lipinski definition) is 3. The van der Waals surface area contributed by atoms with E-state index in [4.69, 9.17) is 8.83 Å². The zero-order valence-corrected chi connectivity index (χ0v) is 28.7. The van der Waals surface area contributed by atoms with Crippen LogP contribution in [-0.4, -0.2) is 0 Å². The maximum absolute atomic E-state index is 6.21. The largest absolute Gasteiger partial charge is 0.456 e. The molecule has 0 unspecified atom stereocenters. The highest BCUT2D eigenvalue weighted by molar-refractivity contribution is 6.10. The lowest BCUT2D eigenvalue weighted by Gasteiger charge is -2.26. The van der Waals surface area contributed by atoms with E-state index in [9.17, 15) is 0 Å². The Kier molecular flexibility index (Phi) is 6.55. The third-order valence-corrected chi connectivity index (χ3v) is 10.6. The summed E-state index contributed by atoms with van der Waals surface area (Å²) >= 11 is 0. The second-order valence-corrected chi connectivity index (χ2v) is 13.7. The van der Waals surface area contributed by atoms with E-state index in [2.05, 4.69) is 169 Å². The molecule has 0 aliphatic heterocycles. The van der Waals surface area contributed by atoms with E-state index in [0.717, 1.165) is 71.9 Å². The number of nitrogens with zero attached hydrogens (tertiary/aromatic N) is 1. The van der Waals surface area contributed by atoms with Crippen molar-refractivity contribution >= 4 is 82.5 Å². The van der Waals surface area contributed by atoms with Crippen molar-refractivity contribution in [3.63, 3.8) is 0 Å². The zero-order valence-electron chi connectivity index (χ0n) is 28.7. The van der Waals surface area contributed by atoms with Crippen molar-refractivity contribution in [1.82, 2.24) is 0 Å². The molecule has 0 bridgehead atoms. The molecule has 0 N–H and O–H groups in total. The topological polar surface area (TPSA) is 29.5 Å². The van der Waals surface area contributed by atoms with Crippen LogP contribution in [-0.2, 0) is 0 Å². The summed E-state index contributed by atoms with van der Waals surface area (Å²) in [5.74, 6) is 0. The van der Waals surface area contributed by atoms with Crippen LogP contribution < -0.4 is 4.90 Å². The fourth-order valence-corrected chi connectivity index (χ4v) is 8.02. The van der Waals surface area contributed by atoms with Gasteiger partial charge in [0.05, 0.1) is 0 Å². The van der Waals surface area contributed by atoms with Crippen LogP contribution in [0.1, 0.15) is 0 Å². The second kappa shape index (κ2) is 11.7. The molecule has 0 amide bonds. The molecule has 3 heteroatoms. The van der Waals surface area contributed by atoms with E-state index in [1.165, 1.54) is 32.8 Å². The van der Waals surface area contributed by atoms with Gasteiger partial charge in [-0.1, -0.05) is 115 Å². The Hall–Kier alpha value is -7.10. The first-order valence-corrected chi connectivity index (χ1v) is 18.0. The number of para-hydroxylation sites is 2. The fourth-order valence-electron chi connectivity index (χ4n) is 8.02. The van der Waals surface area contributed by atoms with Crippen molar-refractivity contribution in [3.8, 4) is 22.3 Å². The summed E-state index contributed by atoms with van der Waals surface area (Å²) in [6.07, 6.45) is 0. The molecule has 0 radical (unpaired) electrons. The molecule has 11 aromatic rings. The van der Waals surface area contributed by atoms with E-state index in [-0.39, 0.29) is 0 Å². The van der Waals surface area contributed by atoms with Crippen LogP contribution in [0.5, 0.6) is 0 Å². The summed E-state index contributed by atoms with van der Waals surface area (Å²) in [5.41, 5.74) is 11.6. The number of fused-ring (bicyclic) bond motifs is 8. The summed E-state index contributed by atoms with van der Waals surface area (Å²) in [6, 6.07) is 67.0. The first-order valence-electron chi connectivity index (χ1n) is 18.0. The normalized spacial score (nSPS) is 11.8. The molecule has 0 aliphatic rings. The molecule has 9 aromatic carbocycles. The first-order chi connectivity index (χ1) is 26.2. The highest BCUT2D eigenvalue weighted by Gasteiger charge is 2.17. The van der Waals surface area contributed by atoms with Crippen LogP contribution in [0.4, 0.5) is 17.1 Å². The van der Waals surface area contributed by atoms with Crippen molar-refractivity contribution < 1.29 is 8.83 Å². The molecule has 0 atom stereocenters. The lowest BCUT2D eigenvalue weighted by molar-refractivity contribution is 0.668. The Morgan fingerprint density at radius 3 is 1.60 bits per heavy atom. The molecule has 0 fully saturated rings. The third-order valence-electron chi connectivity index (χ3n) is 10.6. The van der Waals surface area contributed by atoms with Gasteiger partial charge in [-0.15, -0.1) is 0 Å². The average molecular weight is 678 g/mol. The number of furan rings is 2. The quantitative estimate of drug-likeness (QED) is 0.182. The van der Waals surface area contributed by atoms with Crippen LogP contribution in [0.25, 0.3) is 87.7 Å². The maximum atomic E-state index is 6.21. The molecule has 2 aromatic heterocycles. The predicted octanol–water partition coefficient (Wildman–Crippen LogP) is 14.6. The molecule has 0 aliphatic carbocycles. The van der Waals surface area contributed by atoms with Crippen LogP contribution >= 0.6 is 0 Å². The highest BCUT2D eigenvalue weighted by Crippen LogP contribution is 2.41. The molecule has 0 saturated heterocycles. The summed E-state index contributed by atoms with van der Waals surface area (Å²) in [5, 5.41) is 9.35. The van der Waals surface area contributed by atoms with Gasteiger partial charge in [-0.2, -0.15) is 0 Å². The van der Waals surface area contributed by atoms with Gasteiger partial charge in [0.1, 0.15) is 22.3 Å². The molecule has 3 nitrogen and oxygen atoms in total. The predicted molar refractivity (Wildman–Crippen MR) is 222 cm³/mol. The minimum atomic E-state index is 0.883. The van der Waals surface area contributed by atoms with E-state index >= 15 is 0 Å². The number of benzene rings is 9. The number of rotatable bonds is 5. The van der Waals surface area contributed by atoms with Crippen molar-refractivity contribution in [1.29, 1.82) is 0 Å². The van der Waals surface area contributed by atoms with Gasteiger partial charge in [0.2, 0.25) is 0 Å². The van der Waals surface area contributed by atoms with Gasteiger partial charge < -0.3 is 13.7 Å². The van der Waals surface area contributed by atoms with E-state index in [1.54, 1.807) is 0 Å². The first kappa shape index (κ1) is 29.6. The SMILES string of the molecule is c1ccc2c(-c3ccc(N(c4ccc(-c5ccc6cc7oc8ccccc8c7cc6c5)cc4)c4ccc5oc6ccccc6c5c4)cc3)cccc2c1. The van der Waals surface area contributed by atoms with Gasteiger partial charge in [0.15, 0.2) is 0 Å². The summed E-state index contributed by atoms with van der Waals surface area (Å²) in [7, 11) is 0. The lowest BCUT2D eigenvalue weighted by atomic mass is 9.98. The zero-order chi connectivity index (χ0) is 34.9. The van der Waals surface area contributed by atoms with Gasteiger partial charge in [-0.3, -0.25) is 0 Å². The number of hydrogen-bond donors (Lipinski definition) is 0. The Labute approximate surface area is 305 Å². The smallest absolute Gasteiger partial charge is 0.136 e. The molecule has 53 heavy (non-hydrogen) atoms. The lowest BCUT2D eigenvalue weighted by Crippen LogP contribution is -2.09. The van der Waals surface area contributed by atoms with E-state index in [1.807, 2.05) is 24.3 Å². The molecule has 248 valence electrons. The molecule has 2 heterocycles. The minimum Gasteiger partial charge on any atom is -0.456 e. The summed E-state index contributed by atoms with van der Waals surface area (Å²) < 4.78 is 12.4. The van der Waals surface area contributed by atoms with Gasteiger partial charge in [-0.25, -0.2) is 0 Å². The Balaban J connectivity index is 1.01. The van der Waals surface area contributed by atoms with Gasteiger partial charge in [-0.05, 0) is 117 Å². The third kappa shape index (κ3) is 4.90. The van der Waals surface area contributed by atoms with Crippen LogP contribution in [0.15, 0.2) is 197 Å². The summed E-state index contributed by atoms with van der Waals surface area (Å²) in [6.45, 7) is 0. The second-order valence-electron chi connectivity index (χ2n) is 13.7. The minimum absolute atomic E-state index is 0.883. The van der Waals surface area contributed by atoms with Gasteiger partial charge in [0.25, 0.3) is 0 Å². The van der Waals surface area contributed by atoms with E-state index in [0.29, 0.717) is 0 Å². The van der Waals surface area contributed by atoms with Crippen molar-refractivity contribution in [2.75, 3.05) is 4.90 Å². The molecule has 0 spiro atoms. The molecule has 11 rings (SSSR count). The molecule has 0 saturated carbocycles. The van der Waals surface area contributed by atoms with Crippen LogP contribution in [0, 0.1) is 0 Å². The van der Waals surface area contributed by atoms with E-state index < -0.39 is 0 Å². The fraction of sp³-hybridized carbons (Fsp3) is 0. The summed E-state index contributed by atoms with van der Waals surface area (Å²) in [4.78, 5) is 2.33. The Bertz CT molecular complexity index is 3160. The molecular formula is C50H31NO2. The van der Waals surface area contributed by atoms with Gasteiger partial charge >= 0.3 is 0 Å². The standard InChI is InChI=1S/C50H31NO2/c1-2-10-41-33(8-1)9-7-13-42(41)34-20-24-39(25-21-34)51(40-26-27-49-46(31-40)44-12-4-5-14-47(44)52-49)38-22-18-32(19-23-38)35-16-17-36-30-50-45(29-37(36)28-35)43-11-3-6-15-48(43)53-50/h1-31H. The Morgan fingerprint density at radius 2 is 0.849 bits per heavy atom.